The van der Waals surface area contributed by atoms with Crippen LogP contribution in [0.3, 0.4) is 0 Å². The van der Waals surface area contributed by atoms with Crippen LogP contribution >= 0.6 is 11.3 Å². The third kappa shape index (κ3) is 2.44. The summed E-state index contributed by atoms with van der Waals surface area (Å²) in [7, 11) is 0. The van der Waals surface area contributed by atoms with Gasteiger partial charge in [0, 0.05) is 29.6 Å². The summed E-state index contributed by atoms with van der Waals surface area (Å²) in [4.78, 5) is 35.7. The van der Waals surface area contributed by atoms with Gasteiger partial charge in [0.2, 0.25) is 0 Å². The molecule has 1 saturated carbocycles. The number of carbonyl (C=O) groups is 1. The number of carbonyl (C=O) groups excluding carboxylic acids is 1. The number of hydrogen-bond acceptors (Lipinski definition) is 5. The van der Waals surface area contributed by atoms with Crippen molar-refractivity contribution >= 4 is 22.2 Å². The van der Waals surface area contributed by atoms with Crippen molar-refractivity contribution in [3.8, 4) is 0 Å². The van der Waals surface area contributed by atoms with Crippen LogP contribution in [-0.4, -0.2) is 31.3 Å². The minimum atomic E-state index is -0.141. The second-order valence-electron chi connectivity index (χ2n) is 5.78. The molecule has 0 unspecified atom stereocenters. The summed E-state index contributed by atoms with van der Waals surface area (Å²) < 4.78 is 1.82. The van der Waals surface area contributed by atoms with Crippen LogP contribution in [0.1, 0.15) is 40.6 Å². The van der Waals surface area contributed by atoms with Gasteiger partial charge in [-0.1, -0.05) is 0 Å². The molecule has 0 aliphatic heterocycles. The van der Waals surface area contributed by atoms with Gasteiger partial charge in [-0.15, -0.1) is 11.3 Å². The number of aromatic amines is 1. The van der Waals surface area contributed by atoms with Crippen LogP contribution in [0.2, 0.25) is 0 Å². The van der Waals surface area contributed by atoms with Crippen molar-refractivity contribution in [2.75, 3.05) is 0 Å². The fourth-order valence-electron chi connectivity index (χ4n) is 3.01. The second kappa shape index (κ2) is 5.31. The van der Waals surface area contributed by atoms with Gasteiger partial charge < -0.3 is 10.3 Å². The van der Waals surface area contributed by atoms with Crippen molar-refractivity contribution in [2.45, 2.75) is 31.7 Å². The average Bonchev–Trinajstić information content (AvgIpc) is 3.01. The summed E-state index contributed by atoms with van der Waals surface area (Å²) in [5.41, 5.74) is 1.98. The van der Waals surface area contributed by atoms with Gasteiger partial charge in [0.1, 0.15) is 5.69 Å². The number of rotatable bonds is 3. The normalized spacial score (nSPS) is 20.4. The Morgan fingerprint density at radius 2 is 2.30 bits per heavy atom. The van der Waals surface area contributed by atoms with Gasteiger partial charge >= 0.3 is 0 Å². The third-order valence-electron chi connectivity index (χ3n) is 4.24. The Morgan fingerprint density at radius 3 is 3.09 bits per heavy atom. The van der Waals surface area contributed by atoms with Crippen LogP contribution in [-0.2, 0) is 0 Å². The molecule has 2 N–H and O–H groups in total. The van der Waals surface area contributed by atoms with Crippen LogP contribution in [0.25, 0.3) is 4.96 Å². The van der Waals surface area contributed by atoms with E-state index in [1.807, 2.05) is 22.9 Å². The van der Waals surface area contributed by atoms with Gasteiger partial charge in [-0.2, -0.15) is 0 Å². The van der Waals surface area contributed by atoms with E-state index in [9.17, 15) is 9.59 Å². The number of fused-ring (bicyclic) bond motifs is 1. The zero-order chi connectivity index (χ0) is 16.0. The predicted molar refractivity (Wildman–Crippen MR) is 85.9 cm³/mol. The van der Waals surface area contributed by atoms with Crippen molar-refractivity contribution in [2.24, 2.45) is 0 Å². The monoisotopic (exact) mass is 329 g/mol. The Hall–Kier alpha value is -2.48. The molecule has 0 aromatic carbocycles. The highest BCUT2D eigenvalue weighted by molar-refractivity contribution is 7.15. The largest absolute Gasteiger partial charge is 0.348 e. The number of nitrogens with one attached hydrogen (secondary N) is 2. The van der Waals surface area contributed by atoms with Crippen LogP contribution < -0.4 is 10.9 Å². The van der Waals surface area contributed by atoms with E-state index in [4.69, 9.17) is 0 Å². The number of nitrogens with zero attached hydrogens (tertiary/aromatic N) is 3. The Labute approximate surface area is 135 Å². The third-order valence-corrected chi connectivity index (χ3v) is 5.00. The highest BCUT2D eigenvalue weighted by Gasteiger charge is 2.33. The highest BCUT2D eigenvalue weighted by Crippen LogP contribution is 2.35. The van der Waals surface area contributed by atoms with E-state index in [1.165, 1.54) is 23.7 Å². The summed E-state index contributed by atoms with van der Waals surface area (Å²) >= 11 is 1.51. The summed E-state index contributed by atoms with van der Waals surface area (Å²) in [6.45, 7) is 1.85. The molecule has 1 fully saturated rings. The van der Waals surface area contributed by atoms with Gasteiger partial charge in [-0.3, -0.25) is 14.0 Å². The first-order valence-electron chi connectivity index (χ1n) is 7.39. The van der Waals surface area contributed by atoms with Crippen molar-refractivity contribution in [3.05, 3.63) is 51.4 Å². The molecule has 3 aromatic heterocycles. The van der Waals surface area contributed by atoms with E-state index in [0.717, 1.165) is 29.2 Å². The van der Waals surface area contributed by atoms with Gasteiger partial charge in [-0.25, -0.2) is 9.97 Å². The number of aromatic nitrogens is 4. The van der Waals surface area contributed by atoms with E-state index in [0.29, 0.717) is 5.69 Å². The molecule has 23 heavy (non-hydrogen) atoms. The molecular weight excluding hydrogens is 314 g/mol. The quantitative estimate of drug-likeness (QED) is 0.761. The maximum absolute atomic E-state index is 12.5. The fourth-order valence-corrected chi connectivity index (χ4v) is 3.77. The summed E-state index contributed by atoms with van der Waals surface area (Å²) in [6, 6.07) is 1.64. The Bertz CT molecular complexity index is 935. The van der Waals surface area contributed by atoms with Crippen molar-refractivity contribution in [3.63, 3.8) is 0 Å². The Kier molecular flexibility index (Phi) is 3.26. The number of hydrogen-bond donors (Lipinski definition) is 2. The molecule has 1 aliphatic carbocycles. The molecule has 1 aliphatic rings. The van der Waals surface area contributed by atoms with E-state index in [-0.39, 0.29) is 23.4 Å². The Morgan fingerprint density at radius 1 is 1.48 bits per heavy atom. The van der Waals surface area contributed by atoms with Gasteiger partial charge in [0.05, 0.1) is 17.7 Å². The number of amides is 1. The molecule has 3 aromatic rings. The van der Waals surface area contributed by atoms with Gasteiger partial charge in [0.15, 0.2) is 4.96 Å². The molecule has 8 heteroatoms. The minimum Gasteiger partial charge on any atom is -0.348 e. The highest BCUT2D eigenvalue weighted by atomic mass is 32.1. The zero-order valence-electron chi connectivity index (χ0n) is 12.4. The predicted octanol–water partition coefficient (Wildman–Crippen LogP) is 1.46. The standard InChI is InChI=1S/C15H15N5O2S/c1-8-13(20-2-3-23-15(20)18-8)14(22)19-10-4-9(5-10)11-6-12(21)17-7-16-11/h2-3,6-7,9-10H,4-5H2,1H3,(H,19,22)(H,16,17,21). The molecule has 0 saturated heterocycles. The maximum atomic E-state index is 12.5. The van der Waals surface area contributed by atoms with Crippen LogP contribution in [0.5, 0.6) is 0 Å². The molecule has 1 amide bonds. The Balaban J connectivity index is 1.44. The first-order valence-corrected chi connectivity index (χ1v) is 8.27. The van der Waals surface area contributed by atoms with E-state index in [1.54, 1.807) is 0 Å². The molecule has 0 bridgehead atoms. The molecule has 4 rings (SSSR count). The summed E-state index contributed by atoms with van der Waals surface area (Å²) in [5.74, 6) is 0.131. The lowest BCUT2D eigenvalue weighted by atomic mass is 9.78. The van der Waals surface area contributed by atoms with Crippen molar-refractivity contribution < 1.29 is 4.79 Å². The first-order chi connectivity index (χ1) is 11.1. The SMILES string of the molecule is Cc1nc2sccn2c1C(=O)NC1CC(c2cc(=O)[nH]cn2)C1. The zero-order valence-corrected chi connectivity index (χ0v) is 13.3. The lowest BCUT2D eigenvalue weighted by Gasteiger charge is -2.35. The van der Waals surface area contributed by atoms with Gasteiger partial charge in [0.25, 0.3) is 11.5 Å². The van der Waals surface area contributed by atoms with Crippen LogP contribution in [0, 0.1) is 6.92 Å². The second-order valence-corrected chi connectivity index (χ2v) is 6.65. The van der Waals surface area contributed by atoms with Crippen LogP contribution in [0.4, 0.5) is 0 Å². The average molecular weight is 329 g/mol. The van der Waals surface area contributed by atoms with Crippen LogP contribution in [0.15, 0.2) is 28.8 Å². The minimum absolute atomic E-state index is 0.101. The smallest absolute Gasteiger partial charge is 0.270 e. The molecule has 0 radical (unpaired) electrons. The summed E-state index contributed by atoms with van der Waals surface area (Å²) in [5, 5.41) is 4.96. The lowest BCUT2D eigenvalue weighted by Crippen LogP contribution is -2.44. The molecule has 118 valence electrons. The molecule has 0 atom stereocenters. The number of thiazole rings is 1. The first kappa shape index (κ1) is 14.1. The van der Waals surface area contributed by atoms with E-state index < -0.39 is 0 Å². The molecule has 0 spiro atoms. The molecular formula is C15H15N5O2S. The topological polar surface area (TPSA) is 92.2 Å². The molecule has 3 heterocycles. The lowest BCUT2D eigenvalue weighted by molar-refractivity contribution is 0.0901. The maximum Gasteiger partial charge on any atom is 0.270 e. The van der Waals surface area contributed by atoms with Gasteiger partial charge in [-0.05, 0) is 19.8 Å². The van der Waals surface area contributed by atoms with E-state index >= 15 is 0 Å². The number of imidazole rings is 1. The van der Waals surface area contributed by atoms with Crippen molar-refractivity contribution in [1.82, 2.24) is 24.7 Å². The fraction of sp³-hybridized carbons (Fsp3) is 0.333. The van der Waals surface area contributed by atoms with Crippen molar-refractivity contribution in [1.29, 1.82) is 0 Å². The van der Waals surface area contributed by atoms with E-state index in [2.05, 4.69) is 20.3 Å². The molecule has 7 nitrogen and oxygen atoms in total. The number of aryl methyl sites for hydroxylation is 1. The number of H-pyrrole nitrogens is 1. The summed E-state index contributed by atoms with van der Waals surface area (Å²) in [6.07, 6.45) is 4.88.